The van der Waals surface area contributed by atoms with Crippen molar-refractivity contribution in [1.29, 1.82) is 0 Å². The molecule has 6 heteroatoms. The first-order valence-electron chi connectivity index (χ1n) is 7.65. The zero-order valence-corrected chi connectivity index (χ0v) is 13.5. The van der Waals surface area contributed by atoms with Gasteiger partial charge in [-0.25, -0.2) is 14.4 Å². The monoisotopic (exact) mass is 327 g/mol. The highest BCUT2D eigenvalue weighted by Gasteiger charge is 2.24. The molecule has 1 aromatic carbocycles. The van der Waals surface area contributed by atoms with Gasteiger partial charge in [0, 0.05) is 11.6 Å². The van der Waals surface area contributed by atoms with Crippen molar-refractivity contribution in [2.45, 2.75) is 19.4 Å². The van der Waals surface area contributed by atoms with E-state index in [2.05, 4.69) is 9.97 Å². The summed E-state index contributed by atoms with van der Waals surface area (Å²) in [6.07, 6.45) is 2.11. The van der Waals surface area contributed by atoms with Gasteiger partial charge in [-0.3, -0.25) is 9.63 Å². The minimum absolute atomic E-state index is 0.271. The van der Waals surface area contributed by atoms with Crippen molar-refractivity contribution < 1.29 is 14.0 Å². The summed E-state index contributed by atoms with van der Waals surface area (Å²) >= 11 is 0. The fourth-order valence-electron chi connectivity index (χ4n) is 2.69. The molecule has 0 aliphatic rings. The van der Waals surface area contributed by atoms with Crippen molar-refractivity contribution in [3.05, 3.63) is 65.7 Å². The lowest BCUT2D eigenvalue weighted by Crippen LogP contribution is -2.39. The van der Waals surface area contributed by atoms with Crippen LogP contribution in [0, 0.1) is 5.82 Å². The molecule has 0 saturated carbocycles. The summed E-state index contributed by atoms with van der Waals surface area (Å²) in [4.78, 5) is 25.2. The molecule has 2 aromatic heterocycles. The first-order chi connectivity index (χ1) is 11.6. The van der Waals surface area contributed by atoms with Gasteiger partial charge >= 0.3 is 0 Å². The smallest absolute Gasteiger partial charge is 0.296 e. The predicted molar refractivity (Wildman–Crippen MR) is 88.8 cm³/mol. The van der Waals surface area contributed by atoms with Gasteiger partial charge in [-0.2, -0.15) is 0 Å². The second-order valence-corrected chi connectivity index (χ2v) is 5.57. The molecule has 0 spiro atoms. The van der Waals surface area contributed by atoms with Crippen molar-refractivity contribution in [2.75, 3.05) is 7.11 Å². The molecular formula is C18H18FN3O2. The van der Waals surface area contributed by atoms with E-state index >= 15 is 0 Å². The highest BCUT2D eigenvalue weighted by molar-refractivity contribution is 5.94. The van der Waals surface area contributed by atoms with Gasteiger partial charge in [0.15, 0.2) is 0 Å². The van der Waals surface area contributed by atoms with E-state index in [-0.39, 0.29) is 23.5 Å². The van der Waals surface area contributed by atoms with Crippen LogP contribution in [0.3, 0.4) is 0 Å². The van der Waals surface area contributed by atoms with E-state index in [4.69, 9.17) is 4.84 Å². The molecule has 1 atom stereocenters. The number of nitrogens with one attached hydrogen (secondary N) is 1. The number of H-pyrrole nitrogens is 1. The zero-order valence-electron chi connectivity index (χ0n) is 13.5. The molecule has 24 heavy (non-hydrogen) atoms. The van der Waals surface area contributed by atoms with E-state index in [1.165, 1.54) is 18.2 Å². The van der Waals surface area contributed by atoms with E-state index in [1.807, 2.05) is 12.1 Å². The fourth-order valence-corrected chi connectivity index (χ4v) is 2.69. The Kier molecular flexibility index (Phi) is 4.57. The summed E-state index contributed by atoms with van der Waals surface area (Å²) in [5.74, 6) is -0.656. The number of hydrogen-bond acceptors (Lipinski definition) is 3. The molecule has 0 radical (unpaired) electrons. The molecule has 1 unspecified atom stereocenters. The molecule has 0 aliphatic carbocycles. The number of benzene rings is 1. The van der Waals surface area contributed by atoms with Crippen LogP contribution in [0.2, 0.25) is 0 Å². The Morgan fingerprint density at radius 3 is 2.83 bits per heavy atom. The second kappa shape index (κ2) is 6.80. The molecule has 1 N–H and O–H groups in total. The number of hydrogen-bond donors (Lipinski definition) is 1. The third-order valence-electron chi connectivity index (χ3n) is 3.90. The summed E-state index contributed by atoms with van der Waals surface area (Å²) in [5, 5.41) is 2.15. The molecule has 1 amide bonds. The standard InChI is InChI=1S/C18H18FN3O2/c1-12(11-14-5-3-4-6-15(14)19)22(24-2)18(23)16-8-7-13-9-10-20-17(13)21-16/h3-10,12H,11H2,1-2H3,(H,20,21). The lowest BCUT2D eigenvalue weighted by atomic mass is 10.1. The summed E-state index contributed by atoms with van der Waals surface area (Å²) in [6, 6.07) is 11.5. The molecule has 0 bridgehead atoms. The number of aromatic nitrogens is 2. The fraction of sp³-hybridized carbons (Fsp3) is 0.222. The number of pyridine rings is 1. The maximum atomic E-state index is 13.8. The van der Waals surface area contributed by atoms with Gasteiger partial charge in [0.25, 0.3) is 5.91 Å². The third-order valence-corrected chi connectivity index (χ3v) is 3.90. The second-order valence-electron chi connectivity index (χ2n) is 5.57. The average molecular weight is 327 g/mol. The van der Waals surface area contributed by atoms with Crippen molar-refractivity contribution in [1.82, 2.24) is 15.0 Å². The van der Waals surface area contributed by atoms with Gasteiger partial charge in [-0.1, -0.05) is 18.2 Å². The third kappa shape index (κ3) is 3.14. The number of nitrogens with zero attached hydrogens (tertiary/aromatic N) is 2. The van der Waals surface area contributed by atoms with Gasteiger partial charge in [0.05, 0.1) is 13.2 Å². The van der Waals surface area contributed by atoms with Gasteiger partial charge in [-0.15, -0.1) is 0 Å². The SMILES string of the molecule is CON(C(=O)c1ccc2cc[nH]c2n1)C(C)Cc1ccccc1F. The first-order valence-corrected chi connectivity index (χ1v) is 7.65. The molecule has 5 nitrogen and oxygen atoms in total. The summed E-state index contributed by atoms with van der Waals surface area (Å²) < 4.78 is 13.8. The highest BCUT2D eigenvalue weighted by atomic mass is 19.1. The first kappa shape index (κ1) is 16.1. The van der Waals surface area contributed by atoms with Crippen LogP contribution in [0.15, 0.2) is 48.7 Å². The maximum Gasteiger partial charge on any atom is 0.296 e. The lowest BCUT2D eigenvalue weighted by molar-refractivity contribution is -0.119. The number of carbonyl (C=O) groups is 1. The summed E-state index contributed by atoms with van der Waals surface area (Å²) in [7, 11) is 1.42. The topological polar surface area (TPSA) is 58.2 Å². The lowest BCUT2D eigenvalue weighted by Gasteiger charge is -2.26. The molecule has 124 valence electrons. The van der Waals surface area contributed by atoms with E-state index in [0.29, 0.717) is 17.6 Å². The van der Waals surface area contributed by atoms with E-state index in [0.717, 1.165) is 5.39 Å². The van der Waals surface area contributed by atoms with Crippen LogP contribution in [0.4, 0.5) is 4.39 Å². The Balaban J connectivity index is 1.81. The highest BCUT2D eigenvalue weighted by Crippen LogP contribution is 2.16. The Hall–Kier alpha value is -2.73. The summed E-state index contributed by atoms with van der Waals surface area (Å²) in [5.41, 5.74) is 1.44. The van der Waals surface area contributed by atoms with Crippen LogP contribution in [0.5, 0.6) is 0 Å². The molecular weight excluding hydrogens is 309 g/mol. The number of amides is 1. The van der Waals surface area contributed by atoms with Crippen LogP contribution in [0.1, 0.15) is 23.0 Å². The zero-order chi connectivity index (χ0) is 17.1. The number of aromatic amines is 1. The van der Waals surface area contributed by atoms with Gasteiger partial charge in [0.2, 0.25) is 0 Å². The van der Waals surface area contributed by atoms with Gasteiger partial charge in [0.1, 0.15) is 17.2 Å². The van der Waals surface area contributed by atoms with Gasteiger partial charge in [-0.05, 0) is 43.2 Å². The number of halogens is 1. The Bertz CT molecular complexity index is 862. The number of fused-ring (bicyclic) bond motifs is 1. The van der Waals surface area contributed by atoms with Crippen LogP contribution < -0.4 is 0 Å². The van der Waals surface area contributed by atoms with E-state index in [1.54, 1.807) is 37.4 Å². The predicted octanol–water partition coefficient (Wildman–Crippen LogP) is 3.34. The average Bonchev–Trinajstić information content (AvgIpc) is 3.05. The quantitative estimate of drug-likeness (QED) is 0.731. The molecule has 0 saturated heterocycles. The van der Waals surface area contributed by atoms with E-state index in [9.17, 15) is 9.18 Å². The Labute approximate surface area is 139 Å². The number of carbonyl (C=O) groups excluding carboxylic acids is 1. The van der Waals surface area contributed by atoms with E-state index < -0.39 is 0 Å². The largest absolute Gasteiger partial charge is 0.346 e. The summed E-state index contributed by atoms with van der Waals surface area (Å²) in [6.45, 7) is 1.81. The van der Waals surface area contributed by atoms with Crippen LogP contribution in [-0.2, 0) is 11.3 Å². The molecule has 3 aromatic rings. The van der Waals surface area contributed by atoms with Crippen LogP contribution in [-0.4, -0.2) is 34.1 Å². The molecule has 0 fully saturated rings. The molecule has 3 rings (SSSR count). The van der Waals surface area contributed by atoms with Gasteiger partial charge < -0.3 is 4.98 Å². The van der Waals surface area contributed by atoms with Crippen molar-refractivity contribution in [2.24, 2.45) is 0 Å². The number of hydroxylamine groups is 2. The minimum Gasteiger partial charge on any atom is -0.346 e. The van der Waals surface area contributed by atoms with Crippen molar-refractivity contribution in [3.8, 4) is 0 Å². The Morgan fingerprint density at radius 2 is 2.08 bits per heavy atom. The molecule has 0 aliphatic heterocycles. The minimum atomic E-state index is -0.363. The van der Waals surface area contributed by atoms with Crippen LogP contribution >= 0.6 is 0 Å². The van der Waals surface area contributed by atoms with Crippen LogP contribution in [0.25, 0.3) is 11.0 Å². The van der Waals surface area contributed by atoms with Crippen molar-refractivity contribution in [3.63, 3.8) is 0 Å². The maximum absolute atomic E-state index is 13.8. The normalized spacial score (nSPS) is 12.3. The number of rotatable bonds is 5. The molecule has 2 heterocycles. The van der Waals surface area contributed by atoms with Crippen molar-refractivity contribution >= 4 is 16.9 Å². The Morgan fingerprint density at radius 1 is 1.29 bits per heavy atom.